The number of benzene rings is 2. The van der Waals surface area contributed by atoms with E-state index in [0.717, 1.165) is 37.2 Å². The molecule has 0 saturated carbocycles. The molecule has 162 valence electrons. The quantitative estimate of drug-likeness (QED) is 0.573. The lowest BCUT2D eigenvalue weighted by Gasteiger charge is -2.37. The van der Waals surface area contributed by atoms with E-state index in [0.29, 0.717) is 23.0 Å². The Bertz CT molecular complexity index is 1040. The molecule has 0 radical (unpaired) electrons. The van der Waals surface area contributed by atoms with Crippen molar-refractivity contribution in [1.29, 1.82) is 0 Å². The summed E-state index contributed by atoms with van der Waals surface area (Å²) in [5.41, 5.74) is 3.20. The van der Waals surface area contributed by atoms with E-state index in [1.54, 1.807) is 21.7 Å². The Balaban J connectivity index is 1.43. The van der Waals surface area contributed by atoms with Crippen molar-refractivity contribution in [3.05, 3.63) is 82.4 Å². The number of hydrogen-bond acceptors (Lipinski definition) is 3. The molecule has 7 heteroatoms. The molecular formula is C24H26ClFN4O. The zero-order valence-electron chi connectivity index (χ0n) is 17.8. The summed E-state index contributed by atoms with van der Waals surface area (Å²) >= 11 is 6.59. The highest BCUT2D eigenvalue weighted by Gasteiger charge is 2.30. The second-order valence-corrected chi connectivity index (χ2v) is 8.36. The van der Waals surface area contributed by atoms with Gasteiger partial charge in [-0.2, -0.15) is 5.10 Å². The molecule has 2 heterocycles. The molecule has 5 nitrogen and oxygen atoms in total. The third-order valence-corrected chi connectivity index (χ3v) is 6.36. The van der Waals surface area contributed by atoms with Gasteiger partial charge in [0.2, 0.25) is 0 Å². The van der Waals surface area contributed by atoms with Gasteiger partial charge in [-0.05, 0) is 49.6 Å². The van der Waals surface area contributed by atoms with Crippen LogP contribution in [0.2, 0.25) is 5.15 Å². The number of aryl methyl sites for hydroxylation is 1. The lowest BCUT2D eigenvalue weighted by Crippen LogP contribution is -2.45. The lowest BCUT2D eigenvalue weighted by molar-refractivity contribution is 0.0708. The number of piperidine rings is 1. The average molecular weight is 441 g/mol. The normalized spacial score (nSPS) is 14.6. The first kappa shape index (κ1) is 21.4. The molecule has 2 aromatic carbocycles. The van der Waals surface area contributed by atoms with Gasteiger partial charge in [-0.15, -0.1) is 0 Å². The number of rotatable bonds is 5. The summed E-state index contributed by atoms with van der Waals surface area (Å²) in [6.45, 7) is 3.97. The second kappa shape index (κ2) is 9.10. The molecule has 1 fully saturated rings. The van der Waals surface area contributed by atoms with Crippen LogP contribution < -0.4 is 4.90 Å². The summed E-state index contributed by atoms with van der Waals surface area (Å²) in [5.74, 6) is -0.328. The van der Waals surface area contributed by atoms with Crippen molar-refractivity contribution in [3.63, 3.8) is 0 Å². The highest BCUT2D eigenvalue weighted by atomic mass is 35.5. The number of hydrogen-bond donors (Lipinski definition) is 0. The third kappa shape index (κ3) is 4.59. The van der Waals surface area contributed by atoms with Crippen molar-refractivity contribution in [1.82, 2.24) is 14.7 Å². The Morgan fingerprint density at radius 3 is 2.42 bits per heavy atom. The summed E-state index contributed by atoms with van der Waals surface area (Å²) in [6, 6.07) is 16.6. The van der Waals surface area contributed by atoms with Crippen molar-refractivity contribution in [3.8, 4) is 0 Å². The van der Waals surface area contributed by atoms with E-state index in [1.165, 1.54) is 12.1 Å². The molecule has 3 aromatic rings. The van der Waals surface area contributed by atoms with E-state index in [2.05, 4.69) is 10.00 Å². The number of halogens is 2. The minimum Gasteiger partial charge on any atom is -0.371 e. The lowest BCUT2D eigenvalue weighted by atomic mass is 10.0. The van der Waals surface area contributed by atoms with Gasteiger partial charge in [-0.1, -0.05) is 41.9 Å². The Labute approximate surface area is 187 Å². The molecule has 1 aliphatic rings. The molecule has 31 heavy (non-hydrogen) atoms. The highest BCUT2D eigenvalue weighted by Crippen LogP contribution is 2.26. The van der Waals surface area contributed by atoms with Crippen LogP contribution in [-0.2, 0) is 6.54 Å². The molecule has 1 saturated heterocycles. The van der Waals surface area contributed by atoms with Gasteiger partial charge in [-0.3, -0.25) is 4.79 Å². The molecule has 0 aliphatic carbocycles. The van der Waals surface area contributed by atoms with Gasteiger partial charge in [-0.25, -0.2) is 9.07 Å². The van der Waals surface area contributed by atoms with Crippen molar-refractivity contribution in [2.75, 3.05) is 25.0 Å². The van der Waals surface area contributed by atoms with Crippen LogP contribution >= 0.6 is 11.6 Å². The van der Waals surface area contributed by atoms with Crippen LogP contribution in [0.4, 0.5) is 10.1 Å². The van der Waals surface area contributed by atoms with Crippen LogP contribution in [-0.4, -0.2) is 46.8 Å². The first-order valence-electron chi connectivity index (χ1n) is 10.5. The molecule has 0 bridgehead atoms. The Hall–Kier alpha value is -2.86. The minimum absolute atomic E-state index is 0.0953. The molecule has 0 unspecified atom stereocenters. The number of anilines is 1. The molecule has 0 spiro atoms. The fourth-order valence-electron chi connectivity index (χ4n) is 4.16. The van der Waals surface area contributed by atoms with E-state index in [9.17, 15) is 9.18 Å². The number of nitrogens with zero attached hydrogens (tertiary/aromatic N) is 4. The van der Waals surface area contributed by atoms with Crippen LogP contribution in [0.5, 0.6) is 0 Å². The summed E-state index contributed by atoms with van der Waals surface area (Å²) in [5, 5.41) is 4.89. The molecule has 0 atom stereocenters. The standard InChI is InChI=1S/C24H26ClFN4O/c1-17-22(23(25)30(27-17)16-18-6-4-3-5-7-18)24(31)28(2)20-12-14-29(15-13-20)21-10-8-19(26)9-11-21/h3-11,20H,12-16H2,1-2H3. The zero-order chi connectivity index (χ0) is 22.0. The van der Waals surface area contributed by atoms with Crippen LogP contribution in [0.25, 0.3) is 0 Å². The maximum absolute atomic E-state index is 13.3. The topological polar surface area (TPSA) is 41.4 Å². The van der Waals surface area contributed by atoms with E-state index < -0.39 is 0 Å². The van der Waals surface area contributed by atoms with E-state index in [4.69, 9.17) is 11.6 Å². The monoisotopic (exact) mass is 440 g/mol. The minimum atomic E-state index is -0.232. The van der Waals surface area contributed by atoms with Crippen molar-refractivity contribution < 1.29 is 9.18 Å². The SMILES string of the molecule is Cc1nn(Cc2ccccc2)c(Cl)c1C(=O)N(C)C1CCN(c2ccc(F)cc2)CC1. The van der Waals surface area contributed by atoms with Gasteiger partial charge >= 0.3 is 0 Å². The van der Waals surface area contributed by atoms with Crippen LogP contribution in [0.3, 0.4) is 0 Å². The number of aromatic nitrogens is 2. The van der Waals surface area contributed by atoms with E-state index in [-0.39, 0.29) is 17.8 Å². The van der Waals surface area contributed by atoms with Gasteiger partial charge in [0.15, 0.2) is 0 Å². The second-order valence-electron chi connectivity index (χ2n) is 8.01. The van der Waals surface area contributed by atoms with Crippen LogP contribution in [0.1, 0.15) is 34.5 Å². The smallest absolute Gasteiger partial charge is 0.258 e. The number of amides is 1. The summed E-state index contributed by atoms with van der Waals surface area (Å²) in [6.07, 6.45) is 1.68. The predicted octanol–water partition coefficient (Wildman–Crippen LogP) is 4.77. The van der Waals surface area contributed by atoms with Gasteiger partial charge in [0.25, 0.3) is 5.91 Å². The average Bonchev–Trinajstić information content (AvgIpc) is 3.07. The fourth-order valence-corrected chi connectivity index (χ4v) is 4.48. The molecule has 1 amide bonds. The third-order valence-electron chi connectivity index (χ3n) is 5.98. The maximum atomic E-state index is 13.3. The van der Waals surface area contributed by atoms with Gasteiger partial charge in [0.1, 0.15) is 11.0 Å². The predicted molar refractivity (Wildman–Crippen MR) is 121 cm³/mol. The number of carbonyl (C=O) groups excluding carboxylic acids is 1. The van der Waals surface area contributed by atoms with Gasteiger partial charge in [0.05, 0.1) is 17.8 Å². The Kier molecular flexibility index (Phi) is 6.28. The molecule has 0 N–H and O–H groups in total. The van der Waals surface area contributed by atoms with E-state index >= 15 is 0 Å². The highest BCUT2D eigenvalue weighted by molar-refractivity contribution is 6.33. The zero-order valence-corrected chi connectivity index (χ0v) is 18.5. The summed E-state index contributed by atoms with van der Waals surface area (Å²) < 4.78 is 14.9. The first-order valence-corrected chi connectivity index (χ1v) is 10.9. The van der Waals surface area contributed by atoms with Crippen molar-refractivity contribution in [2.24, 2.45) is 0 Å². The fraction of sp³-hybridized carbons (Fsp3) is 0.333. The van der Waals surface area contributed by atoms with Crippen LogP contribution in [0.15, 0.2) is 54.6 Å². The largest absolute Gasteiger partial charge is 0.371 e. The molecule has 1 aromatic heterocycles. The Morgan fingerprint density at radius 2 is 1.77 bits per heavy atom. The molecule has 1 aliphatic heterocycles. The first-order chi connectivity index (χ1) is 14.9. The van der Waals surface area contributed by atoms with Gasteiger partial charge < -0.3 is 9.80 Å². The molecule has 4 rings (SSSR count). The van der Waals surface area contributed by atoms with Crippen LogP contribution in [0, 0.1) is 12.7 Å². The number of carbonyl (C=O) groups is 1. The Morgan fingerprint density at radius 1 is 1.13 bits per heavy atom. The summed E-state index contributed by atoms with van der Waals surface area (Å²) in [4.78, 5) is 17.3. The van der Waals surface area contributed by atoms with Crippen molar-refractivity contribution in [2.45, 2.75) is 32.4 Å². The maximum Gasteiger partial charge on any atom is 0.258 e. The van der Waals surface area contributed by atoms with Gasteiger partial charge in [0, 0.05) is 31.9 Å². The van der Waals surface area contributed by atoms with Crippen molar-refractivity contribution >= 4 is 23.2 Å². The summed E-state index contributed by atoms with van der Waals surface area (Å²) in [7, 11) is 1.84. The molecular weight excluding hydrogens is 415 g/mol. The van der Waals surface area contributed by atoms with E-state index in [1.807, 2.05) is 44.3 Å².